The van der Waals surface area contributed by atoms with Crippen LogP contribution in [-0.4, -0.2) is 38.8 Å². The Balaban J connectivity index is 1.55. The van der Waals surface area contributed by atoms with Gasteiger partial charge in [-0.15, -0.1) is 0 Å². The molecule has 31 heavy (non-hydrogen) atoms. The third kappa shape index (κ3) is 4.57. The van der Waals surface area contributed by atoms with E-state index < -0.39 is 10.0 Å². The maximum atomic E-state index is 13.0. The Hall–Kier alpha value is -2.90. The van der Waals surface area contributed by atoms with E-state index in [0.717, 1.165) is 35.6 Å². The highest BCUT2D eigenvalue weighted by Crippen LogP contribution is 2.26. The van der Waals surface area contributed by atoms with Crippen molar-refractivity contribution in [1.29, 1.82) is 0 Å². The average molecular weight is 439 g/mol. The minimum atomic E-state index is -3.64. The van der Waals surface area contributed by atoms with Crippen molar-refractivity contribution >= 4 is 26.7 Å². The lowest BCUT2D eigenvalue weighted by Gasteiger charge is -2.26. The topological polar surface area (TPSA) is 75.7 Å². The number of hydrogen-bond acceptors (Lipinski definition) is 4. The summed E-state index contributed by atoms with van der Waals surface area (Å²) in [4.78, 5) is 13.0. The van der Waals surface area contributed by atoms with Crippen molar-refractivity contribution in [2.45, 2.75) is 30.7 Å². The largest absolute Gasteiger partial charge is 0.496 e. The lowest BCUT2D eigenvalue weighted by Crippen LogP contribution is -2.35. The first-order valence-electron chi connectivity index (χ1n) is 10.4. The lowest BCUT2D eigenvalue weighted by atomic mass is 10.1. The van der Waals surface area contributed by atoms with Crippen molar-refractivity contribution in [2.75, 3.05) is 20.2 Å². The number of benzene rings is 3. The normalized spacial score (nSPS) is 15.0. The molecule has 162 valence electrons. The number of sulfonamides is 1. The minimum Gasteiger partial charge on any atom is -0.496 e. The molecule has 0 bridgehead atoms. The molecule has 1 N–H and O–H groups in total. The summed E-state index contributed by atoms with van der Waals surface area (Å²) in [7, 11) is -2.17. The van der Waals surface area contributed by atoms with Crippen LogP contribution in [0.2, 0.25) is 0 Å². The molecule has 3 aromatic rings. The van der Waals surface area contributed by atoms with Gasteiger partial charge in [0.05, 0.1) is 17.6 Å². The molecule has 7 heteroatoms. The number of rotatable bonds is 6. The molecule has 0 aromatic heterocycles. The van der Waals surface area contributed by atoms with E-state index >= 15 is 0 Å². The van der Waals surface area contributed by atoms with Gasteiger partial charge in [-0.2, -0.15) is 4.31 Å². The van der Waals surface area contributed by atoms with Gasteiger partial charge in [0.2, 0.25) is 10.0 Å². The third-order valence-electron chi connectivity index (χ3n) is 5.64. The molecule has 0 aliphatic carbocycles. The zero-order valence-electron chi connectivity index (χ0n) is 17.5. The minimum absolute atomic E-state index is 0.117. The van der Waals surface area contributed by atoms with Crippen LogP contribution < -0.4 is 10.1 Å². The van der Waals surface area contributed by atoms with Crippen LogP contribution in [0.3, 0.4) is 0 Å². The number of amides is 1. The number of carbonyl (C=O) groups is 1. The fourth-order valence-corrected chi connectivity index (χ4v) is 5.45. The molecule has 4 rings (SSSR count). The van der Waals surface area contributed by atoms with E-state index in [9.17, 15) is 13.2 Å². The van der Waals surface area contributed by atoms with E-state index in [1.807, 2.05) is 42.5 Å². The van der Waals surface area contributed by atoms with E-state index in [1.54, 1.807) is 6.07 Å². The third-order valence-corrected chi connectivity index (χ3v) is 7.53. The monoisotopic (exact) mass is 438 g/mol. The molecule has 6 nitrogen and oxygen atoms in total. The number of nitrogens with one attached hydrogen (secondary N) is 1. The Kier molecular flexibility index (Phi) is 6.25. The predicted molar refractivity (Wildman–Crippen MR) is 121 cm³/mol. The average Bonchev–Trinajstić information content (AvgIpc) is 2.82. The smallest absolute Gasteiger partial charge is 0.255 e. The molecule has 1 heterocycles. The van der Waals surface area contributed by atoms with Crippen LogP contribution in [0.1, 0.15) is 35.2 Å². The molecule has 1 aliphatic rings. The predicted octanol–water partition coefficient (Wildman–Crippen LogP) is 3.95. The molecule has 0 unspecified atom stereocenters. The second-order valence-corrected chi connectivity index (χ2v) is 9.63. The highest BCUT2D eigenvalue weighted by molar-refractivity contribution is 7.89. The Morgan fingerprint density at radius 1 is 0.968 bits per heavy atom. The second-order valence-electron chi connectivity index (χ2n) is 7.69. The van der Waals surface area contributed by atoms with Crippen molar-refractivity contribution < 1.29 is 17.9 Å². The summed E-state index contributed by atoms with van der Waals surface area (Å²) in [5.41, 5.74) is 1.17. The molecular weight excluding hydrogens is 412 g/mol. The standard InChI is InChI=1S/C24H26N2O4S/c1-30-23-12-11-21(31(28,29)26-13-5-2-6-14-26)16-22(23)24(27)25-17-18-9-10-19-7-3-4-8-20(19)15-18/h3-4,7-12,15-16H,2,5-6,13-14,17H2,1H3,(H,25,27). The Morgan fingerprint density at radius 2 is 1.71 bits per heavy atom. The molecule has 1 aliphatic heterocycles. The maximum Gasteiger partial charge on any atom is 0.255 e. The first-order valence-corrected chi connectivity index (χ1v) is 11.9. The molecule has 3 aromatic carbocycles. The van der Waals surface area contributed by atoms with E-state index in [-0.39, 0.29) is 16.4 Å². The SMILES string of the molecule is COc1ccc(S(=O)(=O)N2CCCCC2)cc1C(=O)NCc1ccc2ccccc2c1. The zero-order valence-corrected chi connectivity index (χ0v) is 18.3. The Morgan fingerprint density at radius 3 is 2.45 bits per heavy atom. The summed E-state index contributed by atoms with van der Waals surface area (Å²) in [6.07, 6.45) is 2.75. The highest BCUT2D eigenvalue weighted by atomic mass is 32.2. The van der Waals surface area contributed by atoms with Crippen molar-refractivity contribution in [3.63, 3.8) is 0 Å². The van der Waals surface area contributed by atoms with Gasteiger partial charge in [-0.05, 0) is 53.4 Å². The molecule has 0 atom stereocenters. The molecule has 0 spiro atoms. The van der Waals surface area contributed by atoms with Crippen LogP contribution in [0.15, 0.2) is 65.6 Å². The summed E-state index contributed by atoms with van der Waals surface area (Å²) in [6.45, 7) is 1.35. The Bertz CT molecular complexity index is 1200. The van der Waals surface area contributed by atoms with Crippen molar-refractivity contribution in [2.24, 2.45) is 0 Å². The second kappa shape index (κ2) is 9.08. The van der Waals surface area contributed by atoms with Crippen LogP contribution in [0.4, 0.5) is 0 Å². The van der Waals surface area contributed by atoms with E-state index in [0.29, 0.717) is 25.4 Å². The van der Waals surface area contributed by atoms with Gasteiger partial charge in [0.15, 0.2) is 0 Å². The first-order chi connectivity index (χ1) is 15.0. The fraction of sp³-hybridized carbons (Fsp3) is 0.292. The van der Waals surface area contributed by atoms with Gasteiger partial charge in [-0.3, -0.25) is 4.79 Å². The van der Waals surface area contributed by atoms with Crippen LogP contribution in [-0.2, 0) is 16.6 Å². The molecule has 1 fully saturated rings. The number of ether oxygens (including phenoxy) is 1. The number of methoxy groups -OCH3 is 1. The van der Waals surface area contributed by atoms with Gasteiger partial charge >= 0.3 is 0 Å². The van der Waals surface area contributed by atoms with Gasteiger partial charge in [-0.1, -0.05) is 42.8 Å². The van der Waals surface area contributed by atoms with Gasteiger partial charge < -0.3 is 10.1 Å². The number of carbonyl (C=O) groups excluding carboxylic acids is 1. The summed E-state index contributed by atoms with van der Waals surface area (Å²) < 4.78 is 32.9. The van der Waals surface area contributed by atoms with Gasteiger partial charge in [0.1, 0.15) is 5.75 Å². The maximum absolute atomic E-state index is 13.0. The van der Waals surface area contributed by atoms with E-state index in [4.69, 9.17) is 4.74 Å². The molecule has 1 saturated heterocycles. The van der Waals surface area contributed by atoms with Gasteiger partial charge in [0, 0.05) is 19.6 Å². The summed E-state index contributed by atoms with van der Waals surface area (Å²) in [5.74, 6) is -0.0330. The van der Waals surface area contributed by atoms with Crippen molar-refractivity contribution in [3.05, 3.63) is 71.8 Å². The number of piperidine rings is 1. The van der Waals surface area contributed by atoms with E-state index in [2.05, 4.69) is 5.32 Å². The summed E-state index contributed by atoms with van der Waals surface area (Å²) >= 11 is 0. The van der Waals surface area contributed by atoms with Gasteiger partial charge in [-0.25, -0.2) is 8.42 Å². The zero-order chi connectivity index (χ0) is 21.8. The number of fused-ring (bicyclic) bond motifs is 1. The van der Waals surface area contributed by atoms with Crippen molar-refractivity contribution in [1.82, 2.24) is 9.62 Å². The highest BCUT2D eigenvalue weighted by Gasteiger charge is 2.27. The molecule has 0 radical (unpaired) electrons. The van der Waals surface area contributed by atoms with Gasteiger partial charge in [0.25, 0.3) is 5.91 Å². The van der Waals surface area contributed by atoms with Crippen LogP contribution in [0, 0.1) is 0 Å². The Labute approximate surface area is 182 Å². The fourth-order valence-electron chi connectivity index (χ4n) is 3.91. The summed E-state index contributed by atoms with van der Waals surface area (Å²) in [5, 5.41) is 5.12. The first kappa shape index (κ1) is 21.3. The number of nitrogens with zero attached hydrogens (tertiary/aromatic N) is 1. The molecule has 1 amide bonds. The summed E-state index contributed by atoms with van der Waals surface area (Å²) in [6, 6.07) is 18.5. The molecular formula is C24H26N2O4S. The lowest BCUT2D eigenvalue weighted by molar-refractivity contribution is 0.0947. The van der Waals surface area contributed by atoms with Crippen LogP contribution >= 0.6 is 0 Å². The van der Waals surface area contributed by atoms with Crippen molar-refractivity contribution in [3.8, 4) is 5.75 Å². The number of hydrogen-bond donors (Lipinski definition) is 1. The quantitative estimate of drug-likeness (QED) is 0.632. The van der Waals surface area contributed by atoms with Crippen LogP contribution in [0.25, 0.3) is 10.8 Å². The van der Waals surface area contributed by atoms with Crippen LogP contribution in [0.5, 0.6) is 5.75 Å². The van der Waals surface area contributed by atoms with E-state index in [1.165, 1.54) is 23.5 Å². The molecule has 0 saturated carbocycles.